The molecule has 0 bridgehead atoms. The number of nitrogens with zero attached hydrogens (tertiary/aromatic N) is 2. The molecule has 0 aliphatic rings. The van der Waals surface area contributed by atoms with E-state index in [4.69, 9.17) is 16.9 Å². The van der Waals surface area contributed by atoms with Crippen LogP contribution in [0, 0.1) is 18.3 Å². The Morgan fingerprint density at radius 1 is 1.54 bits per heavy atom. The van der Waals surface area contributed by atoms with Crippen molar-refractivity contribution in [1.29, 1.82) is 5.26 Å². The molecule has 0 aliphatic carbocycles. The number of aromatic nitrogens is 1. The third-order valence-electron chi connectivity index (χ3n) is 1.72. The number of halogens is 1. The molecule has 1 aromatic heterocycles. The minimum Gasteiger partial charge on any atom is -0.240 e. The fraction of sp³-hybridized carbons (Fsp3) is 0.111. The molecule has 1 heterocycles. The molecule has 2 nitrogen and oxygen atoms in total. The van der Waals surface area contributed by atoms with E-state index in [-0.39, 0.29) is 0 Å². The molecule has 0 N–H and O–H groups in total. The summed E-state index contributed by atoms with van der Waals surface area (Å²) in [7, 11) is 0. The SMILES string of the molecule is Cc1nc2c(C#N)ccc(Cl)c2s1. The van der Waals surface area contributed by atoms with Gasteiger partial charge in [-0.2, -0.15) is 5.26 Å². The molecular formula is C9H5ClN2S. The molecule has 1 aromatic carbocycles. The van der Waals surface area contributed by atoms with Crippen LogP contribution in [-0.2, 0) is 0 Å². The highest BCUT2D eigenvalue weighted by Gasteiger charge is 2.08. The van der Waals surface area contributed by atoms with Crippen molar-refractivity contribution in [2.24, 2.45) is 0 Å². The molecule has 0 amide bonds. The lowest BCUT2D eigenvalue weighted by molar-refractivity contribution is 1.34. The van der Waals surface area contributed by atoms with E-state index in [9.17, 15) is 0 Å². The van der Waals surface area contributed by atoms with Crippen LogP contribution < -0.4 is 0 Å². The topological polar surface area (TPSA) is 36.7 Å². The van der Waals surface area contributed by atoms with E-state index in [0.717, 1.165) is 15.2 Å². The van der Waals surface area contributed by atoms with Gasteiger partial charge in [-0.1, -0.05) is 11.6 Å². The standard InChI is InChI=1S/C9H5ClN2S/c1-5-12-8-6(4-11)2-3-7(10)9(8)13-5/h2-3H,1H3. The fourth-order valence-corrected chi connectivity index (χ4v) is 2.29. The average Bonchev–Trinajstić information content (AvgIpc) is 2.48. The van der Waals surface area contributed by atoms with E-state index in [1.54, 1.807) is 12.1 Å². The lowest BCUT2D eigenvalue weighted by atomic mass is 10.2. The van der Waals surface area contributed by atoms with Gasteiger partial charge in [-0.15, -0.1) is 11.3 Å². The minimum atomic E-state index is 0.587. The van der Waals surface area contributed by atoms with E-state index in [2.05, 4.69) is 11.1 Å². The lowest BCUT2D eigenvalue weighted by Crippen LogP contribution is -1.78. The number of hydrogen-bond acceptors (Lipinski definition) is 3. The summed E-state index contributed by atoms with van der Waals surface area (Å²) in [5.74, 6) is 0. The van der Waals surface area contributed by atoms with Crippen molar-refractivity contribution in [3.05, 3.63) is 27.7 Å². The highest BCUT2D eigenvalue weighted by molar-refractivity contribution is 7.19. The van der Waals surface area contributed by atoms with Crippen LogP contribution >= 0.6 is 22.9 Å². The zero-order valence-electron chi connectivity index (χ0n) is 6.84. The Morgan fingerprint density at radius 3 is 3.00 bits per heavy atom. The van der Waals surface area contributed by atoms with Crippen molar-refractivity contribution >= 4 is 33.2 Å². The Balaban J connectivity index is 2.94. The second kappa shape index (κ2) is 2.99. The van der Waals surface area contributed by atoms with Crippen LogP contribution in [0.15, 0.2) is 12.1 Å². The zero-order valence-corrected chi connectivity index (χ0v) is 8.41. The molecule has 0 unspecified atom stereocenters. The van der Waals surface area contributed by atoms with Gasteiger partial charge in [-0.3, -0.25) is 0 Å². The average molecular weight is 209 g/mol. The van der Waals surface area contributed by atoms with E-state index < -0.39 is 0 Å². The predicted octanol–water partition coefficient (Wildman–Crippen LogP) is 3.13. The summed E-state index contributed by atoms with van der Waals surface area (Å²) in [4.78, 5) is 4.26. The molecule has 0 saturated carbocycles. The van der Waals surface area contributed by atoms with Crippen molar-refractivity contribution < 1.29 is 0 Å². The molecule has 0 radical (unpaired) electrons. The minimum absolute atomic E-state index is 0.587. The van der Waals surface area contributed by atoms with E-state index >= 15 is 0 Å². The predicted molar refractivity (Wildman–Crippen MR) is 54.1 cm³/mol. The largest absolute Gasteiger partial charge is 0.240 e. The van der Waals surface area contributed by atoms with Crippen molar-refractivity contribution in [3.8, 4) is 6.07 Å². The van der Waals surface area contributed by atoms with Crippen LogP contribution in [0.4, 0.5) is 0 Å². The third-order valence-corrected chi connectivity index (χ3v) is 3.15. The molecule has 2 aromatic rings. The Labute approximate surface area is 84.4 Å². The first-order valence-corrected chi connectivity index (χ1v) is 4.87. The van der Waals surface area contributed by atoms with Gasteiger partial charge in [0.1, 0.15) is 11.6 Å². The van der Waals surface area contributed by atoms with Crippen LogP contribution in [0.25, 0.3) is 10.2 Å². The van der Waals surface area contributed by atoms with Crippen LogP contribution in [0.2, 0.25) is 5.02 Å². The number of fused-ring (bicyclic) bond motifs is 1. The first kappa shape index (κ1) is 8.49. The Kier molecular flexibility index (Phi) is 1.95. The Hall–Kier alpha value is -1.11. The lowest BCUT2D eigenvalue weighted by Gasteiger charge is -1.92. The first-order chi connectivity index (χ1) is 6.22. The van der Waals surface area contributed by atoms with Gasteiger partial charge in [0.15, 0.2) is 0 Å². The maximum Gasteiger partial charge on any atom is 0.101 e. The van der Waals surface area contributed by atoms with Crippen molar-refractivity contribution in [1.82, 2.24) is 4.98 Å². The number of hydrogen-bond donors (Lipinski definition) is 0. The zero-order chi connectivity index (χ0) is 9.42. The number of aryl methyl sites for hydroxylation is 1. The summed E-state index contributed by atoms with van der Waals surface area (Å²) in [6.45, 7) is 1.90. The van der Waals surface area contributed by atoms with Gasteiger partial charge in [0.05, 0.1) is 20.3 Å². The maximum absolute atomic E-state index is 8.81. The number of thiazole rings is 1. The van der Waals surface area contributed by atoms with Gasteiger partial charge >= 0.3 is 0 Å². The summed E-state index contributed by atoms with van der Waals surface area (Å²) in [5, 5.41) is 10.4. The quantitative estimate of drug-likeness (QED) is 0.667. The summed E-state index contributed by atoms with van der Waals surface area (Å²) in [6, 6.07) is 5.53. The summed E-state index contributed by atoms with van der Waals surface area (Å²) in [5.41, 5.74) is 1.31. The summed E-state index contributed by atoms with van der Waals surface area (Å²) < 4.78 is 0.901. The van der Waals surface area contributed by atoms with Crippen LogP contribution in [0.5, 0.6) is 0 Å². The molecule has 0 fully saturated rings. The van der Waals surface area contributed by atoms with E-state index in [1.807, 2.05) is 6.92 Å². The van der Waals surface area contributed by atoms with E-state index in [0.29, 0.717) is 10.6 Å². The number of rotatable bonds is 0. The van der Waals surface area contributed by atoms with Gasteiger partial charge < -0.3 is 0 Å². The molecule has 64 valence electrons. The Bertz CT molecular complexity index is 510. The molecule has 0 spiro atoms. The fourth-order valence-electron chi connectivity index (χ4n) is 1.17. The molecule has 0 atom stereocenters. The number of benzene rings is 1. The maximum atomic E-state index is 8.81. The van der Waals surface area contributed by atoms with Crippen LogP contribution in [0.1, 0.15) is 10.6 Å². The normalized spacial score (nSPS) is 10.2. The van der Waals surface area contributed by atoms with Crippen LogP contribution in [0.3, 0.4) is 0 Å². The number of nitriles is 1. The smallest absolute Gasteiger partial charge is 0.101 e. The molecule has 0 aliphatic heterocycles. The monoisotopic (exact) mass is 208 g/mol. The summed E-state index contributed by atoms with van der Waals surface area (Å²) in [6.07, 6.45) is 0. The Morgan fingerprint density at radius 2 is 2.31 bits per heavy atom. The second-order valence-corrected chi connectivity index (χ2v) is 4.23. The van der Waals surface area contributed by atoms with E-state index in [1.165, 1.54) is 11.3 Å². The van der Waals surface area contributed by atoms with Crippen LogP contribution in [-0.4, -0.2) is 4.98 Å². The molecule has 13 heavy (non-hydrogen) atoms. The second-order valence-electron chi connectivity index (χ2n) is 2.62. The highest BCUT2D eigenvalue weighted by Crippen LogP contribution is 2.30. The molecule has 0 saturated heterocycles. The van der Waals surface area contributed by atoms with Crippen molar-refractivity contribution in [3.63, 3.8) is 0 Å². The van der Waals surface area contributed by atoms with Gasteiger partial charge in [0.2, 0.25) is 0 Å². The van der Waals surface area contributed by atoms with Gasteiger partial charge in [0, 0.05) is 0 Å². The first-order valence-electron chi connectivity index (χ1n) is 3.68. The van der Waals surface area contributed by atoms with Gasteiger partial charge in [0.25, 0.3) is 0 Å². The summed E-state index contributed by atoms with van der Waals surface area (Å²) >= 11 is 7.47. The van der Waals surface area contributed by atoms with Crippen molar-refractivity contribution in [2.75, 3.05) is 0 Å². The molecule has 4 heteroatoms. The van der Waals surface area contributed by atoms with Gasteiger partial charge in [-0.25, -0.2) is 4.98 Å². The van der Waals surface area contributed by atoms with Gasteiger partial charge in [-0.05, 0) is 19.1 Å². The highest BCUT2D eigenvalue weighted by atomic mass is 35.5. The molecule has 2 rings (SSSR count). The van der Waals surface area contributed by atoms with Crippen molar-refractivity contribution in [2.45, 2.75) is 6.92 Å². The molecular weight excluding hydrogens is 204 g/mol. The third kappa shape index (κ3) is 1.28.